The van der Waals surface area contributed by atoms with Crippen LogP contribution in [0.4, 0.5) is 10.2 Å². The van der Waals surface area contributed by atoms with E-state index in [1.807, 2.05) is 34.9 Å². The first-order valence-corrected chi connectivity index (χ1v) is 12.7. The first-order chi connectivity index (χ1) is 18.5. The van der Waals surface area contributed by atoms with Crippen molar-refractivity contribution in [2.75, 3.05) is 37.7 Å². The third-order valence-corrected chi connectivity index (χ3v) is 7.09. The van der Waals surface area contributed by atoms with Gasteiger partial charge >= 0.3 is 0 Å². The molecule has 2 aromatic carbocycles. The molecule has 0 aliphatic carbocycles. The van der Waals surface area contributed by atoms with Crippen LogP contribution in [0.25, 0.3) is 10.9 Å². The van der Waals surface area contributed by atoms with E-state index >= 15 is 0 Å². The zero-order valence-corrected chi connectivity index (χ0v) is 21.1. The van der Waals surface area contributed by atoms with Gasteiger partial charge in [-0.2, -0.15) is 0 Å². The number of aryl methyl sites for hydroxylation is 1. The molecule has 2 aromatic heterocycles. The Balaban J connectivity index is 1.49. The minimum Gasteiger partial charge on any atom is -0.486 e. The van der Waals surface area contributed by atoms with Crippen LogP contribution in [-0.2, 0) is 31.5 Å². The molecule has 0 spiro atoms. The normalized spacial score (nSPS) is 15.7. The summed E-state index contributed by atoms with van der Waals surface area (Å²) in [6.07, 6.45) is 0. The summed E-state index contributed by atoms with van der Waals surface area (Å²) in [5, 5.41) is 4.98. The van der Waals surface area contributed by atoms with E-state index in [-0.39, 0.29) is 29.6 Å². The predicted molar refractivity (Wildman–Crippen MR) is 140 cm³/mol. The molecule has 6 rings (SSSR count). The Hall–Kier alpha value is -4.18. The minimum atomic E-state index is -0.325. The number of ether oxygens (including phenoxy) is 2. The topological polar surface area (TPSA) is 81.8 Å². The molecule has 0 radical (unpaired) electrons. The van der Waals surface area contributed by atoms with E-state index in [1.54, 1.807) is 24.1 Å². The van der Waals surface area contributed by atoms with Crippen LogP contribution < -0.4 is 15.2 Å². The average Bonchev–Trinajstić information content (AvgIpc) is 3.28. The molecule has 196 valence electrons. The summed E-state index contributed by atoms with van der Waals surface area (Å²) in [5.74, 6) is 0.348. The third-order valence-electron chi connectivity index (χ3n) is 7.09. The lowest BCUT2D eigenvalue weighted by molar-refractivity contribution is 0.0686. The number of morpholine rings is 1. The number of carbonyl (C=O) groups excluding carboxylic acids is 1. The fourth-order valence-corrected chi connectivity index (χ4v) is 5.15. The van der Waals surface area contributed by atoms with Gasteiger partial charge in [0.15, 0.2) is 17.3 Å². The Morgan fingerprint density at radius 3 is 2.42 bits per heavy atom. The summed E-state index contributed by atoms with van der Waals surface area (Å²) in [6.45, 7) is 3.81. The van der Waals surface area contributed by atoms with Gasteiger partial charge in [-0.15, -0.1) is 5.10 Å². The van der Waals surface area contributed by atoms with E-state index in [9.17, 15) is 14.0 Å². The summed E-state index contributed by atoms with van der Waals surface area (Å²) in [6, 6.07) is 15.8. The van der Waals surface area contributed by atoms with Crippen molar-refractivity contribution in [3.05, 3.63) is 87.6 Å². The van der Waals surface area contributed by atoms with Crippen molar-refractivity contribution in [2.24, 2.45) is 7.05 Å². The van der Waals surface area contributed by atoms with Gasteiger partial charge in [-0.05, 0) is 23.3 Å². The summed E-state index contributed by atoms with van der Waals surface area (Å²) in [5.41, 5.74) is 2.38. The van der Waals surface area contributed by atoms with Gasteiger partial charge in [0.2, 0.25) is 0 Å². The Morgan fingerprint density at radius 2 is 1.68 bits per heavy atom. The van der Waals surface area contributed by atoms with Crippen molar-refractivity contribution in [3.63, 3.8) is 0 Å². The maximum atomic E-state index is 14.0. The second kappa shape index (κ2) is 9.94. The predicted octanol–water partition coefficient (Wildman–Crippen LogP) is 2.95. The molecule has 0 atom stereocenters. The number of aromatic nitrogens is 3. The smallest absolute Gasteiger partial charge is 0.279 e. The SMILES string of the molecule is Cn1nc(N2CCOCC2)c2c(c(OCc3ccccc3)c3n2CCN(Cc2ccc(F)cc2)C3=O)c1=O. The van der Waals surface area contributed by atoms with Gasteiger partial charge in [-0.1, -0.05) is 42.5 Å². The molecule has 38 heavy (non-hydrogen) atoms. The number of anilines is 1. The van der Waals surface area contributed by atoms with Crippen molar-refractivity contribution in [1.82, 2.24) is 19.2 Å². The Kier molecular flexibility index (Phi) is 6.32. The molecular formula is C28H28FN5O4. The van der Waals surface area contributed by atoms with E-state index in [1.165, 1.54) is 16.8 Å². The number of hydrogen-bond acceptors (Lipinski definition) is 6. The molecular weight excluding hydrogens is 489 g/mol. The van der Waals surface area contributed by atoms with E-state index in [2.05, 4.69) is 10.00 Å². The van der Waals surface area contributed by atoms with Crippen LogP contribution in [0.2, 0.25) is 0 Å². The Labute approximate surface area is 218 Å². The summed E-state index contributed by atoms with van der Waals surface area (Å²) in [4.78, 5) is 31.3. The van der Waals surface area contributed by atoms with Gasteiger partial charge in [0.05, 0.1) is 13.2 Å². The van der Waals surface area contributed by atoms with E-state index in [0.29, 0.717) is 68.4 Å². The molecule has 0 unspecified atom stereocenters. The molecule has 10 heteroatoms. The molecule has 0 saturated carbocycles. The molecule has 1 fully saturated rings. The number of rotatable bonds is 6. The minimum absolute atomic E-state index is 0.205. The highest BCUT2D eigenvalue weighted by Crippen LogP contribution is 2.38. The Bertz CT molecular complexity index is 1540. The van der Waals surface area contributed by atoms with Gasteiger partial charge in [0.25, 0.3) is 11.5 Å². The average molecular weight is 518 g/mol. The van der Waals surface area contributed by atoms with Crippen LogP contribution >= 0.6 is 0 Å². The monoisotopic (exact) mass is 517 g/mol. The van der Waals surface area contributed by atoms with E-state index < -0.39 is 0 Å². The van der Waals surface area contributed by atoms with Crippen molar-refractivity contribution in [2.45, 2.75) is 19.7 Å². The van der Waals surface area contributed by atoms with Crippen molar-refractivity contribution in [3.8, 4) is 5.75 Å². The highest BCUT2D eigenvalue weighted by atomic mass is 19.1. The number of benzene rings is 2. The maximum Gasteiger partial charge on any atom is 0.279 e. The summed E-state index contributed by atoms with van der Waals surface area (Å²) in [7, 11) is 1.62. The Morgan fingerprint density at radius 1 is 0.947 bits per heavy atom. The number of fused-ring (bicyclic) bond motifs is 3. The van der Waals surface area contributed by atoms with Crippen LogP contribution in [0.1, 0.15) is 21.6 Å². The molecule has 0 bridgehead atoms. The van der Waals surface area contributed by atoms with Crippen LogP contribution in [0.15, 0.2) is 59.4 Å². The zero-order chi connectivity index (χ0) is 26.2. The maximum absolute atomic E-state index is 14.0. The molecule has 0 N–H and O–H groups in total. The highest BCUT2D eigenvalue weighted by molar-refractivity contribution is 6.07. The number of halogens is 1. The quantitative estimate of drug-likeness (QED) is 0.391. The molecule has 2 aliphatic heterocycles. The highest BCUT2D eigenvalue weighted by Gasteiger charge is 2.36. The lowest BCUT2D eigenvalue weighted by atomic mass is 10.1. The number of hydrogen-bond donors (Lipinski definition) is 0. The molecule has 1 saturated heterocycles. The second-order valence-electron chi connectivity index (χ2n) is 9.53. The van der Waals surface area contributed by atoms with Crippen molar-refractivity contribution in [1.29, 1.82) is 0 Å². The van der Waals surface area contributed by atoms with Crippen LogP contribution in [-0.4, -0.2) is 58.0 Å². The van der Waals surface area contributed by atoms with Crippen molar-refractivity contribution >= 4 is 22.6 Å². The fourth-order valence-electron chi connectivity index (χ4n) is 5.15. The van der Waals surface area contributed by atoms with Gasteiger partial charge in [-0.25, -0.2) is 9.07 Å². The first-order valence-electron chi connectivity index (χ1n) is 12.7. The number of amides is 1. The lowest BCUT2D eigenvalue weighted by Crippen LogP contribution is -2.40. The van der Waals surface area contributed by atoms with Crippen molar-refractivity contribution < 1.29 is 18.7 Å². The lowest BCUT2D eigenvalue weighted by Gasteiger charge is -2.31. The fraction of sp³-hybridized carbons (Fsp3) is 0.321. The number of nitrogens with zero attached hydrogens (tertiary/aromatic N) is 5. The standard InChI is InChI=1S/C28H28FN5O4/c1-31-27(35)22-23(26(30-31)32-13-15-37-16-14-32)34-12-11-33(17-19-7-9-21(29)10-8-19)28(36)24(34)25(22)38-18-20-5-3-2-4-6-20/h2-10H,11-18H2,1H3. The van der Waals surface area contributed by atoms with E-state index in [0.717, 1.165) is 11.1 Å². The third kappa shape index (κ3) is 4.30. The van der Waals surface area contributed by atoms with Crippen LogP contribution in [0, 0.1) is 5.82 Å². The van der Waals surface area contributed by atoms with Gasteiger partial charge in [0.1, 0.15) is 23.3 Å². The van der Waals surface area contributed by atoms with Gasteiger partial charge in [0, 0.05) is 39.8 Å². The molecule has 4 aromatic rings. The second-order valence-corrected chi connectivity index (χ2v) is 9.53. The largest absolute Gasteiger partial charge is 0.486 e. The number of carbonyl (C=O) groups is 1. The molecule has 1 amide bonds. The molecule has 9 nitrogen and oxygen atoms in total. The van der Waals surface area contributed by atoms with Gasteiger partial charge < -0.3 is 23.8 Å². The van der Waals surface area contributed by atoms with Gasteiger partial charge in [-0.3, -0.25) is 9.59 Å². The molecule has 4 heterocycles. The zero-order valence-electron chi connectivity index (χ0n) is 21.1. The molecule has 2 aliphatic rings. The first kappa shape index (κ1) is 24.2. The summed E-state index contributed by atoms with van der Waals surface area (Å²) < 4.78 is 28.5. The van der Waals surface area contributed by atoms with Crippen LogP contribution in [0.5, 0.6) is 5.75 Å². The van der Waals surface area contributed by atoms with Crippen LogP contribution in [0.3, 0.4) is 0 Å². The summed E-state index contributed by atoms with van der Waals surface area (Å²) >= 11 is 0. The van der Waals surface area contributed by atoms with E-state index in [4.69, 9.17) is 9.47 Å².